The third kappa shape index (κ3) is 4.13. The molecule has 0 aliphatic heterocycles. The summed E-state index contributed by atoms with van der Waals surface area (Å²) in [7, 11) is 0. The third-order valence-electron chi connectivity index (χ3n) is 3.57. The standard InChI is InChI=1S/C19H20N2O3/c1-14-9-15(2)11-17(10-14)23-8-6-19(22)24-13-16-12-21-7-4-3-5-18(21)20-16/h3-5,7,9-12H,6,8,13H2,1-2H3. The van der Waals surface area contributed by atoms with Gasteiger partial charge in [0.1, 0.15) is 18.0 Å². The van der Waals surface area contributed by atoms with Gasteiger partial charge in [0.05, 0.1) is 18.7 Å². The van der Waals surface area contributed by atoms with Gasteiger partial charge >= 0.3 is 5.97 Å². The van der Waals surface area contributed by atoms with E-state index in [4.69, 9.17) is 9.47 Å². The number of hydrogen-bond donors (Lipinski definition) is 0. The van der Waals surface area contributed by atoms with Crippen LogP contribution in [-0.4, -0.2) is 22.0 Å². The highest BCUT2D eigenvalue weighted by Gasteiger charge is 2.07. The molecule has 2 aromatic heterocycles. The van der Waals surface area contributed by atoms with Crippen molar-refractivity contribution < 1.29 is 14.3 Å². The number of imidazole rings is 1. The molecular weight excluding hydrogens is 304 g/mol. The topological polar surface area (TPSA) is 52.8 Å². The van der Waals surface area contributed by atoms with Gasteiger partial charge in [-0.1, -0.05) is 12.1 Å². The molecule has 2 heterocycles. The number of aryl methyl sites for hydroxylation is 2. The lowest BCUT2D eigenvalue weighted by atomic mass is 10.1. The molecule has 0 N–H and O–H groups in total. The molecule has 1 aromatic carbocycles. The lowest BCUT2D eigenvalue weighted by molar-refractivity contribution is -0.145. The molecule has 0 unspecified atom stereocenters. The molecule has 5 nitrogen and oxygen atoms in total. The summed E-state index contributed by atoms with van der Waals surface area (Å²) in [5.74, 6) is 0.483. The lowest BCUT2D eigenvalue weighted by Crippen LogP contribution is -2.10. The van der Waals surface area contributed by atoms with E-state index < -0.39 is 0 Å². The smallest absolute Gasteiger partial charge is 0.309 e. The van der Waals surface area contributed by atoms with Crippen LogP contribution in [0.3, 0.4) is 0 Å². The van der Waals surface area contributed by atoms with Crippen molar-refractivity contribution in [3.05, 3.63) is 65.6 Å². The molecule has 124 valence electrons. The highest BCUT2D eigenvalue weighted by Crippen LogP contribution is 2.16. The Kier molecular flexibility index (Phi) is 4.79. The summed E-state index contributed by atoms with van der Waals surface area (Å²) in [4.78, 5) is 16.2. The average Bonchev–Trinajstić information content (AvgIpc) is 2.95. The number of hydrogen-bond acceptors (Lipinski definition) is 4. The van der Waals surface area contributed by atoms with Crippen LogP contribution in [0.15, 0.2) is 48.8 Å². The van der Waals surface area contributed by atoms with Crippen molar-refractivity contribution in [2.45, 2.75) is 26.9 Å². The van der Waals surface area contributed by atoms with Crippen LogP contribution in [0.1, 0.15) is 23.2 Å². The van der Waals surface area contributed by atoms with E-state index in [0.717, 1.165) is 28.2 Å². The zero-order valence-corrected chi connectivity index (χ0v) is 13.9. The molecule has 0 bridgehead atoms. The number of pyridine rings is 1. The number of nitrogens with zero attached hydrogens (tertiary/aromatic N) is 2. The lowest BCUT2D eigenvalue weighted by Gasteiger charge is -2.08. The SMILES string of the molecule is Cc1cc(C)cc(OCCC(=O)OCc2cn3ccccc3n2)c1. The Bertz CT molecular complexity index is 801. The number of fused-ring (bicyclic) bond motifs is 1. The van der Waals surface area contributed by atoms with E-state index in [1.54, 1.807) is 0 Å². The van der Waals surface area contributed by atoms with E-state index in [0.29, 0.717) is 6.61 Å². The fourth-order valence-corrected chi connectivity index (χ4v) is 2.55. The molecular formula is C19H20N2O3. The Morgan fingerprint density at radius 2 is 1.96 bits per heavy atom. The molecule has 24 heavy (non-hydrogen) atoms. The number of ether oxygens (including phenoxy) is 2. The summed E-state index contributed by atoms with van der Waals surface area (Å²) < 4.78 is 12.8. The fraction of sp³-hybridized carbons (Fsp3) is 0.263. The Balaban J connectivity index is 1.45. The molecule has 3 rings (SSSR count). The minimum absolute atomic E-state index is 0.171. The first-order valence-electron chi connectivity index (χ1n) is 7.89. The highest BCUT2D eigenvalue weighted by molar-refractivity contribution is 5.69. The second-order valence-electron chi connectivity index (χ2n) is 5.78. The van der Waals surface area contributed by atoms with E-state index in [9.17, 15) is 4.79 Å². The largest absolute Gasteiger partial charge is 0.493 e. The van der Waals surface area contributed by atoms with Gasteiger partial charge in [0.15, 0.2) is 0 Å². The van der Waals surface area contributed by atoms with Gasteiger partial charge in [-0.05, 0) is 49.2 Å². The quantitative estimate of drug-likeness (QED) is 0.652. The van der Waals surface area contributed by atoms with E-state index in [-0.39, 0.29) is 19.0 Å². The summed E-state index contributed by atoms with van der Waals surface area (Å²) in [5.41, 5.74) is 3.84. The predicted molar refractivity (Wildman–Crippen MR) is 91.0 cm³/mol. The monoisotopic (exact) mass is 324 g/mol. The van der Waals surface area contributed by atoms with Gasteiger partial charge in [-0.15, -0.1) is 0 Å². The molecule has 0 saturated carbocycles. The van der Waals surface area contributed by atoms with Crippen LogP contribution in [-0.2, 0) is 16.1 Å². The summed E-state index contributed by atoms with van der Waals surface area (Å²) in [6.45, 7) is 4.50. The fourth-order valence-electron chi connectivity index (χ4n) is 2.55. The van der Waals surface area contributed by atoms with Crippen molar-refractivity contribution in [2.75, 3.05) is 6.61 Å². The first-order chi connectivity index (χ1) is 11.6. The van der Waals surface area contributed by atoms with Crippen LogP contribution in [0.5, 0.6) is 5.75 Å². The van der Waals surface area contributed by atoms with Crippen molar-refractivity contribution in [1.29, 1.82) is 0 Å². The first kappa shape index (κ1) is 16.1. The zero-order valence-electron chi connectivity index (χ0n) is 13.9. The van der Waals surface area contributed by atoms with Crippen molar-refractivity contribution >= 4 is 11.6 Å². The number of carbonyl (C=O) groups excluding carboxylic acids is 1. The van der Waals surface area contributed by atoms with Gasteiger partial charge in [0.2, 0.25) is 0 Å². The van der Waals surface area contributed by atoms with Gasteiger partial charge in [-0.2, -0.15) is 0 Å². The maximum absolute atomic E-state index is 11.8. The maximum atomic E-state index is 11.8. The number of rotatable bonds is 6. The minimum atomic E-state index is -0.295. The van der Waals surface area contributed by atoms with Crippen molar-refractivity contribution in [2.24, 2.45) is 0 Å². The summed E-state index contributed by atoms with van der Waals surface area (Å²) in [6.07, 6.45) is 3.97. The zero-order chi connectivity index (χ0) is 16.9. The molecule has 0 aliphatic rings. The van der Waals surface area contributed by atoms with Crippen LogP contribution in [0.2, 0.25) is 0 Å². The van der Waals surface area contributed by atoms with Gasteiger partial charge < -0.3 is 13.9 Å². The molecule has 5 heteroatoms. The normalized spacial score (nSPS) is 10.8. The van der Waals surface area contributed by atoms with E-state index in [2.05, 4.69) is 11.1 Å². The van der Waals surface area contributed by atoms with Crippen LogP contribution in [0.4, 0.5) is 0 Å². The maximum Gasteiger partial charge on any atom is 0.309 e. The molecule has 3 aromatic rings. The molecule has 0 saturated heterocycles. The van der Waals surface area contributed by atoms with Crippen LogP contribution < -0.4 is 4.74 Å². The van der Waals surface area contributed by atoms with Gasteiger partial charge in [-0.25, -0.2) is 4.98 Å². The van der Waals surface area contributed by atoms with Crippen molar-refractivity contribution in [1.82, 2.24) is 9.38 Å². The van der Waals surface area contributed by atoms with Crippen LogP contribution in [0, 0.1) is 13.8 Å². The molecule has 0 amide bonds. The summed E-state index contributed by atoms with van der Waals surface area (Å²) in [5, 5.41) is 0. The van der Waals surface area contributed by atoms with Crippen LogP contribution >= 0.6 is 0 Å². The Labute approximate surface area is 140 Å². The summed E-state index contributed by atoms with van der Waals surface area (Å²) >= 11 is 0. The van der Waals surface area contributed by atoms with Gasteiger partial charge in [0.25, 0.3) is 0 Å². The van der Waals surface area contributed by atoms with Crippen molar-refractivity contribution in [3.8, 4) is 5.75 Å². The molecule has 0 atom stereocenters. The minimum Gasteiger partial charge on any atom is -0.493 e. The van der Waals surface area contributed by atoms with E-state index in [1.165, 1.54) is 0 Å². The van der Waals surface area contributed by atoms with Crippen LogP contribution in [0.25, 0.3) is 5.65 Å². The average molecular weight is 324 g/mol. The second kappa shape index (κ2) is 7.17. The highest BCUT2D eigenvalue weighted by atomic mass is 16.5. The van der Waals surface area contributed by atoms with E-state index >= 15 is 0 Å². The van der Waals surface area contributed by atoms with Gasteiger partial charge in [0, 0.05) is 12.4 Å². The Hall–Kier alpha value is -2.82. The Morgan fingerprint density at radius 1 is 1.17 bits per heavy atom. The third-order valence-corrected chi connectivity index (χ3v) is 3.57. The number of carbonyl (C=O) groups is 1. The second-order valence-corrected chi connectivity index (χ2v) is 5.78. The number of aromatic nitrogens is 2. The molecule has 0 radical (unpaired) electrons. The van der Waals surface area contributed by atoms with E-state index in [1.807, 2.05) is 61.0 Å². The number of benzene rings is 1. The Morgan fingerprint density at radius 3 is 2.71 bits per heavy atom. The van der Waals surface area contributed by atoms with Gasteiger partial charge in [-0.3, -0.25) is 4.79 Å². The molecule has 0 aliphatic carbocycles. The summed E-state index contributed by atoms with van der Waals surface area (Å²) in [6, 6.07) is 11.7. The molecule has 0 spiro atoms. The predicted octanol–water partition coefficient (Wildman–Crippen LogP) is 3.46. The van der Waals surface area contributed by atoms with Crippen molar-refractivity contribution in [3.63, 3.8) is 0 Å². The number of esters is 1. The first-order valence-corrected chi connectivity index (χ1v) is 7.89. The molecule has 0 fully saturated rings.